The zero-order chi connectivity index (χ0) is 25.9. The molecule has 5 aromatic rings. The standard InChI is InChI=1S/C28H28N8O2/c1-35-18-29-25-27(32-23-7-5-20(6-8-23)22-15-30-31-16-22)33-26(34-28(25)35)21-4-2-3-19(13-21)14-24(37)17-36-9-11-38-12-10-36/h2-8,13,15-16,18H,9-12,14,17H2,1H3,(H,30,31)(H,32,33,34). The Bertz CT molecular complexity index is 1550. The van der Waals surface area contributed by atoms with E-state index in [1.165, 1.54) is 0 Å². The lowest BCUT2D eigenvalue weighted by atomic mass is 10.0. The number of rotatable bonds is 8. The first kappa shape index (κ1) is 24.0. The maximum Gasteiger partial charge on any atom is 0.165 e. The van der Waals surface area contributed by atoms with Crippen molar-refractivity contribution < 1.29 is 9.53 Å². The fraction of sp³-hybridized carbons (Fsp3) is 0.250. The van der Waals surface area contributed by atoms with Crippen LogP contribution in [0.25, 0.3) is 33.7 Å². The molecule has 1 fully saturated rings. The highest BCUT2D eigenvalue weighted by atomic mass is 16.5. The summed E-state index contributed by atoms with van der Waals surface area (Å²) in [6.07, 6.45) is 5.76. The van der Waals surface area contributed by atoms with Crippen LogP contribution in [0.1, 0.15) is 5.56 Å². The van der Waals surface area contributed by atoms with Gasteiger partial charge in [0.2, 0.25) is 0 Å². The molecule has 0 atom stereocenters. The van der Waals surface area contributed by atoms with Crippen molar-refractivity contribution in [3.63, 3.8) is 0 Å². The normalized spacial score (nSPS) is 14.1. The van der Waals surface area contributed by atoms with Crippen molar-refractivity contribution >= 4 is 28.5 Å². The molecule has 4 heterocycles. The summed E-state index contributed by atoms with van der Waals surface area (Å²) in [4.78, 5) is 29.0. The first-order valence-electron chi connectivity index (χ1n) is 12.6. The minimum absolute atomic E-state index is 0.188. The SMILES string of the molecule is Cn1cnc2c(Nc3ccc(-c4cn[nH]c4)cc3)nc(-c3cccc(CC(=O)CN4CCOCC4)c3)nc21. The van der Waals surface area contributed by atoms with Gasteiger partial charge in [0.1, 0.15) is 0 Å². The second kappa shape index (κ2) is 10.5. The highest BCUT2D eigenvalue weighted by Gasteiger charge is 2.17. The van der Waals surface area contributed by atoms with Gasteiger partial charge in [-0.25, -0.2) is 15.0 Å². The van der Waals surface area contributed by atoms with Crippen molar-refractivity contribution in [3.8, 4) is 22.5 Å². The molecule has 0 saturated carbocycles. The number of hydrogen-bond acceptors (Lipinski definition) is 8. The van der Waals surface area contributed by atoms with Crippen LogP contribution >= 0.6 is 0 Å². The third kappa shape index (κ3) is 5.17. The summed E-state index contributed by atoms with van der Waals surface area (Å²) in [6.45, 7) is 3.40. The molecule has 1 saturated heterocycles. The van der Waals surface area contributed by atoms with Gasteiger partial charge >= 0.3 is 0 Å². The predicted octanol–water partition coefficient (Wildman–Crippen LogP) is 3.61. The topological polar surface area (TPSA) is 114 Å². The monoisotopic (exact) mass is 508 g/mol. The van der Waals surface area contributed by atoms with Gasteiger partial charge < -0.3 is 14.6 Å². The summed E-state index contributed by atoms with van der Waals surface area (Å²) in [5, 5.41) is 10.3. The molecule has 2 N–H and O–H groups in total. The number of carbonyl (C=O) groups excluding carboxylic acids is 1. The Morgan fingerprint density at radius 2 is 1.89 bits per heavy atom. The lowest BCUT2D eigenvalue weighted by Gasteiger charge is -2.25. The zero-order valence-corrected chi connectivity index (χ0v) is 21.1. The summed E-state index contributed by atoms with van der Waals surface area (Å²) in [7, 11) is 1.91. The molecule has 3 aromatic heterocycles. The smallest absolute Gasteiger partial charge is 0.165 e. The van der Waals surface area contributed by atoms with Gasteiger partial charge in [0.05, 0.1) is 32.3 Å². The molecule has 0 amide bonds. The van der Waals surface area contributed by atoms with Gasteiger partial charge in [-0.3, -0.25) is 14.8 Å². The summed E-state index contributed by atoms with van der Waals surface area (Å²) in [5.41, 5.74) is 6.18. The number of anilines is 2. The molecule has 2 aromatic carbocycles. The number of benzene rings is 2. The number of carbonyl (C=O) groups is 1. The first-order valence-corrected chi connectivity index (χ1v) is 12.6. The van der Waals surface area contributed by atoms with E-state index in [0.717, 1.165) is 46.7 Å². The van der Waals surface area contributed by atoms with Crippen LogP contribution in [0.3, 0.4) is 0 Å². The Labute approximate surface area is 219 Å². The van der Waals surface area contributed by atoms with Crippen molar-refractivity contribution in [1.29, 1.82) is 0 Å². The molecular formula is C28H28N8O2. The summed E-state index contributed by atoms with van der Waals surface area (Å²) in [5.74, 6) is 1.38. The number of ketones is 1. The molecule has 0 spiro atoms. The van der Waals surface area contributed by atoms with E-state index >= 15 is 0 Å². The minimum Gasteiger partial charge on any atom is -0.379 e. The fourth-order valence-corrected chi connectivity index (χ4v) is 4.63. The predicted molar refractivity (Wildman–Crippen MR) is 145 cm³/mol. The number of nitrogens with one attached hydrogen (secondary N) is 2. The number of morpholine rings is 1. The van der Waals surface area contributed by atoms with E-state index in [4.69, 9.17) is 14.7 Å². The average Bonchev–Trinajstić information content (AvgIpc) is 3.61. The van der Waals surface area contributed by atoms with Gasteiger partial charge in [0, 0.05) is 49.6 Å². The molecule has 192 valence electrons. The van der Waals surface area contributed by atoms with Crippen LogP contribution in [0.4, 0.5) is 11.5 Å². The van der Waals surface area contributed by atoms with Gasteiger partial charge in [-0.1, -0.05) is 30.3 Å². The van der Waals surface area contributed by atoms with E-state index in [1.54, 1.807) is 12.5 Å². The Balaban J connectivity index is 1.25. The van der Waals surface area contributed by atoms with Crippen molar-refractivity contribution in [2.75, 3.05) is 38.2 Å². The highest BCUT2D eigenvalue weighted by Crippen LogP contribution is 2.28. The Hall–Kier alpha value is -4.41. The van der Waals surface area contributed by atoms with Crippen molar-refractivity contribution in [2.24, 2.45) is 7.05 Å². The van der Waals surface area contributed by atoms with Crippen molar-refractivity contribution in [2.45, 2.75) is 6.42 Å². The molecule has 10 nitrogen and oxygen atoms in total. The molecule has 10 heteroatoms. The molecule has 38 heavy (non-hydrogen) atoms. The van der Waals surface area contributed by atoms with E-state index < -0.39 is 0 Å². The van der Waals surface area contributed by atoms with E-state index in [1.807, 2.05) is 66.3 Å². The second-order valence-electron chi connectivity index (χ2n) is 9.42. The van der Waals surface area contributed by atoms with Crippen LogP contribution in [-0.2, 0) is 23.0 Å². The number of hydrogen-bond donors (Lipinski definition) is 2. The van der Waals surface area contributed by atoms with Gasteiger partial charge in [0.25, 0.3) is 0 Å². The Kier molecular flexibility index (Phi) is 6.63. The number of fused-ring (bicyclic) bond motifs is 1. The van der Waals surface area contributed by atoms with Gasteiger partial charge in [-0.15, -0.1) is 0 Å². The van der Waals surface area contributed by atoms with E-state index in [9.17, 15) is 4.79 Å². The molecule has 6 rings (SSSR count). The van der Waals surface area contributed by atoms with Crippen LogP contribution in [0.2, 0.25) is 0 Å². The lowest BCUT2D eigenvalue weighted by Crippen LogP contribution is -2.39. The summed E-state index contributed by atoms with van der Waals surface area (Å²) >= 11 is 0. The van der Waals surface area contributed by atoms with E-state index in [2.05, 4.69) is 25.4 Å². The molecule has 0 aliphatic carbocycles. The molecular weight excluding hydrogens is 480 g/mol. The number of aromatic nitrogens is 6. The van der Waals surface area contributed by atoms with Crippen LogP contribution in [0.5, 0.6) is 0 Å². The van der Waals surface area contributed by atoms with Crippen LogP contribution in [0.15, 0.2) is 67.3 Å². The molecule has 0 bridgehead atoms. The van der Waals surface area contributed by atoms with Crippen molar-refractivity contribution in [1.82, 2.24) is 34.6 Å². The molecule has 0 unspecified atom stereocenters. The highest BCUT2D eigenvalue weighted by molar-refractivity contribution is 5.88. The Morgan fingerprint density at radius 1 is 1.05 bits per heavy atom. The van der Waals surface area contributed by atoms with Crippen LogP contribution < -0.4 is 5.32 Å². The summed E-state index contributed by atoms with van der Waals surface area (Å²) in [6, 6.07) is 16.0. The number of Topliss-reactive ketones (excluding diaryl/α,β-unsaturated/α-hetero) is 1. The van der Waals surface area contributed by atoms with E-state index in [-0.39, 0.29) is 5.78 Å². The number of H-pyrrole nitrogens is 1. The first-order chi connectivity index (χ1) is 18.6. The number of ether oxygens (including phenoxy) is 1. The maximum absolute atomic E-state index is 12.7. The number of aromatic amines is 1. The van der Waals surface area contributed by atoms with Crippen LogP contribution in [0, 0.1) is 0 Å². The number of nitrogens with zero attached hydrogens (tertiary/aromatic N) is 6. The minimum atomic E-state index is 0.188. The quantitative estimate of drug-likeness (QED) is 0.327. The van der Waals surface area contributed by atoms with Gasteiger partial charge in [0.15, 0.2) is 28.6 Å². The number of imidazole rings is 1. The average molecular weight is 509 g/mol. The molecule has 1 aliphatic heterocycles. The van der Waals surface area contributed by atoms with Crippen LogP contribution in [-0.4, -0.2) is 73.2 Å². The third-order valence-corrected chi connectivity index (χ3v) is 6.63. The second-order valence-corrected chi connectivity index (χ2v) is 9.42. The number of aryl methyl sites for hydroxylation is 1. The van der Waals surface area contributed by atoms with E-state index in [0.29, 0.717) is 43.3 Å². The third-order valence-electron chi connectivity index (χ3n) is 6.63. The maximum atomic E-state index is 12.7. The lowest BCUT2D eigenvalue weighted by molar-refractivity contribution is -0.120. The molecule has 0 radical (unpaired) electrons. The van der Waals surface area contributed by atoms with Gasteiger partial charge in [-0.2, -0.15) is 5.10 Å². The van der Waals surface area contributed by atoms with Crippen molar-refractivity contribution in [3.05, 3.63) is 72.8 Å². The fourth-order valence-electron chi connectivity index (χ4n) is 4.63. The zero-order valence-electron chi connectivity index (χ0n) is 21.1. The largest absolute Gasteiger partial charge is 0.379 e. The Morgan fingerprint density at radius 3 is 2.68 bits per heavy atom. The summed E-state index contributed by atoms with van der Waals surface area (Å²) < 4.78 is 7.26. The molecule has 1 aliphatic rings. The van der Waals surface area contributed by atoms with Gasteiger partial charge in [-0.05, 0) is 29.3 Å².